The van der Waals surface area contributed by atoms with Crippen molar-refractivity contribution in [1.29, 1.82) is 0 Å². The van der Waals surface area contributed by atoms with Gasteiger partial charge in [-0.3, -0.25) is 4.90 Å². The summed E-state index contributed by atoms with van der Waals surface area (Å²) in [5.41, 5.74) is 2.93. The summed E-state index contributed by atoms with van der Waals surface area (Å²) in [6, 6.07) is 9.47. The van der Waals surface area contributed by atoms with Crippen LogP contribution in [0.2, 0.25) is 0 Å². The molecule has 0 bridgehead atoms. The Labute approximate surface area is 127 Å². The number of fused-ring (bicyclic) bond motifs is 1. The summed E-state index contributed by atoms with van der Waals surface area (Å²) in [5, 5.41) is 13.9. The molecule has 4 rings (SSSR count). The second-order valence-corrected chi connectivity index (χ2v) is 7.24. The van der Waals surface area contributed by atoms with Crippen molar-refractivity contribution in [3.63, 3.8) is 0 Å². The first-order valence-electron chi connectivity index (χ1n) is 8.47. The number of hydrogen-bond donors (Lipinski definition) is 2. The lowest BCUT2D eigenvalue weighted by Crippen LogP contribution is -2.59. The summed E-state index contributed by atoms with van der Waals surface area (Å²) < 4.78 is 0. The second kappa shape index (κ2) is 5.38. The summed E-state index contributed by atoms with van der Waals surface area (Å²) in [7, 11) is 0. The van der Waals surface area contributed by atoms with Crippen LogP contribution < -0.4 is 5.32 Å². The van der Waals surface area contributed by atoms with E-state index in [-0.39, 0.29) is 12.1 Å². The van der Waals surface area contributed by atoms with Gasteiger partial charge in [-0.15, -0.1) is 0 Å². The fraction of sp³-hybridized carbons (Fsp3) is 0.667. The lowest BCUT2D eigenvalue weighted by molar-refractivity contribution is 0.0830. The van der Waals surface area contributed by atoms with Gasteiger partial charge in [0.2, 0.25) is 0 Å². The summed E-state index contributed by atoms with van der Waals surface area (Å²) in [4.78, 5) is 2.55. The first-order valence-corrected chi connectivity index (χ1v) is 8.47. The van der Waals surface area contributed by atoms with Gasteiger partial charge in [0.25, 0.3) is 0 Å². The highest BCUT2D eigenvalue weighted by Crippen LogP contribution is 2.42. The van der Waals surface area contributed by atoms with Crippen LogP contribution >= 0.6 is 0 Å². The number of aliphatic hydroxyl groups excluding tert-OH is 1. The van der Waals surface area contributed by atoms with Crippen LogP contribution in [-0.4, -0.2) is 41.3 Å². The van der Waals surface area contributed by atoms with E-state index in [1.807, 2.05) is 0 Å². The first-order chi connectivity index (χ1) is 10.3. The number of benzene rings is 1. The van der Waals surface area contributed by atoms with Crippen LogP contribution in [0.15, 0.2) is 24.3 Å². The number of nitrogens with zero attached hydrogens (tertiary/aromatic N) is 1. The van der Waals surface area contributed by atoms with E-state index in [1.54, 1.807) is 0 Å². The van der Waals surface area contributed by atoms with E-state index in [4.69, 9.17) is 0 Å². The maximum absolute atomic E-state index is 10.1. The van der Waals surface area contributed by atoms with E-state index in [0.717, 1.165) is 26.1 Å². The Hall–Kier alpha value is -0.900. The largest absolute Gasteiger partial charge is 0.394 e. The van der Waals surface area contributed by atoms with Crippen LogP contribution in [0.4, 0.5) is 0 Å². The summed E-state index contributed by atoms with van der Waals surface area (Å²) in [6.45, 7) is 3.44. The summed E-state index contributed by atoms with van der Waals surface area (Å²) >= 11 is 0. The molecule has 3 heteroatoms. The quantitative estimate of drug-likeness (QED) is 0.839. The Balaban J connectivity index is 1.48. The molecule has 3 aliphatic rings. The van der Waals surface area contributed by atoms with Gasteiger partial charge in [-0.1, -0.05) is 24.3 Å². The van der Waals surface area contributed by atoms with Crippen LogP contribution in [0.25, 0.3) is 0 Å². The van der Waals surface area contributed by atoms with Gasteiger partial charge in [-0.05, 0) is 49.1 Å². The summed E-state index contributed by atoms with van der Waals surface area (Å²) in [6.07, 6.45) is 6.29. The van der Waals surface area contributed by atoms with Crippen molar-refractivity contribution in [1.82, 2.24) is 10.2 Å². The molecule has 0 saturated heterocycles. The lowest BCUT2D eigenvalue weighted by Gasteiger charge is -2.40. The van der Waals surface area contributed by atoms with Gasteiger partial charge >= 0.3 is 0 Å². The average molecular weight is 286 g/mol. The molecule has 1 aliphatic heterocycles. The Kier molecular flexibility index (Phi) is 3.52. The fourth-order valence-corrected chi connectivity index (χ4v) is 3.88. The SMILES string of the molecule is OCC(CN1CCc2ccccc2C1)(NC1CC1)C1CC1. The molecular weight excluding hydrogens is 260 g/mol. The second-order valence-electron chi connectivity index (χ2n) is 7.24. The van der Waals surface area contributed by atoms with Crippen LogP contribution in [0, 0.1) is 5.92 Å². The molecule has 0 amide bonds. The average Bonchev–Trinajstić information content (AvgIpc) is 3.38. The maximum Gasteiger partial charge on any atom is 0.0628 e. The zero-order chi connectivity index (χ0) is 14.3. The van der Waals surface area contributed by atoms with Crippen molar-refractivity contribution in [3.8, 4) is 0 Å². The predicted molar refractivity (Wildman–Crippen MR) is 84.1 cm³/mol. The molecule has 0 radical (unpaired) electrons. The topological polar surface area (TPSA) is 35.5 Å². The number of aliphatic hydroxyl groups is 1. The first kappa shape index (κ1) is 13.7. The number of nitrogens with one attached hydrogen (secondary N) is 1. The van der Waals surface area contributed by atoms with Gasteiger partial charge in [0.15, 0.2) is 0 Å². The van der Waals surface area contributed by atoms with E-state index in [0.29, 0.717) is 12.0 Å². The Bertz CT molecular complexity index is 510. The van der Waals surface area contributed by atoms with E-state index in [2.05, 4.69) is 34.5 Å². The number of hydrogen-bond acceptors (Lipinski definition) is 3. The van der Waals surface area contributed by atoms with Crippen molar-refractivity contribution in [2.75, 3.05) is 19.7 Å². The van der Waals surface area contributed by atoms with Gasteiger partial charge in [0.1, 0.15) is 0 Å². The molecule has 2 aliphatic carbocycles. The molecule has 1 unspecified atom stereocenters. The minimum Gasteiger partial charge on any atom is -0.394 e. The third-order valence-electron chi connectivity index (χ3n) is 5.43. The van der Waals surface area contributed by atoms with Gasteiger partial charge in [-0.2, -0.15) is 0 Å². The molecule has 2 fully saturated rings. The molecule has 1 atom stereocenters. The monoisotopic (exact) mass is 286 g/mol. The van der Waals surface area contributed by atoms with Crippen molar-refractivity contribution in [2.24, 2.45) is 5.92 Å². The third-order valence-corrected chi connectivity index (χ3v) is 5.43. The molecule has 2 N–H and O–H groups in total. The van der Waals surface area contributed by atoms with E-state index in [1.165, 1.54) is 36.8 Å². The normalized spacial score (nSPS) is 25.4. The van der Waals surface area contributed by atoms with E-state index < -0.39 is 0 Å². The zero-order valence-electron chi connectivity index (χ0n) is 12.7. The molecule has 3 nitrogen and oxygen atoms in total. The van der Waals surface area contributed by atoms with Crippen LogP contribution in [0.5, 0.6) is 0 Å². The zero-order valence-corrected chi connectivity index (χ0v) is 12.7. The minimum atomic E-state index is -0.0482. The Morgan fingerprint density at radius 3 is 2.57 bits per heavy atom. The minimum absolute atomic E-state index is 0.0482. The molecular formula is C18H26N2O. The summed E-state index contributed by atoms with van der Waals surface area (Å²) in [5.74, 6) is 0.681. The molecule has 1 aromatic carbocycles. The fourth-order valence-electron chi connectivity index (χ4n) is 3.88. The smallest absolute Gasteiger partial charge is 0.0628 e. The van der Waals surface area contributed by atoms with Crippen LogP contribution in [-0.2, 0) is 13.0 Å². The Morgan fingerprint density at radius 2 is 1.90 bits per heavy atom. The van der Waals surface area contributed by atoms with Gasteiger partial charge in [0.05, 0.1) is 12.1 Å². The van der Waals surface area contributed by atoms with Crippen molar-refractivity contribution in [2.45, 2.75) is 50.2 Å². The van der Waals surface area contributed by atoms with E-state index in [9.17, 15) is 5.11 Å². The van der Waals surface area contributed by atoms with Gasteiger partial charge < -0.3 is 10.4 Å². The van der Waals surface area contributed by atoms with Crippen molar-refractivity contribution >= 4 is 0 Å². The lowest BCUT2D eigenvalue weighted by atomic mass is 9.91. The molecule has 114 valence electrons. The molecule has 0 spiro atoms. The molecule has 2 saturated carbocycles. The standard InChI is InChI=1S/C18H26N2O/c21-13-18(16-5-6-16,19-17-7-8-17)12-20-10-9-14-3-1-2-4-15(14)11-20/h1-4,16-17,19,21H,5-13H2. The van der Waals surface area contributed by atoms with Gasteiger partial charge in [-0.25, -0.2) is 0 Å². The highest BCUT2D eigenvalue weighted by Gasteiger charge is 2.48. The third kappa shape index (κ3) is 2.87. The molecule has 0 aromatic heterocycles. The van der Waals surface area contributed by atoms with Crippen LogP contribution in [0.3, 0.4) is 0 Å². The van der Waals surface area contributed by atoms with Crippen LogP contribution in [0.1, 0.15) is 36.8 Å². The van der Waals surface area contributed by atoms with E-state index >= 15 is 0 Å². The van der Waals surface area contributed by atoms with Crippen molar-refractivity contribution in [3.05, 3.63) is 35.4 Å². The molecule has 21 heavy (non-hydrogen) atoms. The predicted octanol–water partition coefficient (Wildman–Crippen LogP) is 1.94. The maximum atomic E-state index is 10.1. The van der Waals surface area contributed by atoms with Crippen molar-refractivity contribution < 1.29 is 5.11 Å². The van der Waals surface area contributed by atoms with Gasteiger partial charge in [0, 0.05) is 25.7 Å². The highest BCUT2D eigenvalue weighted by atomic mass is 16.3. The number of rotatable bonds is 6. The Morgan fingerprint density at radius 1 is 1.14 bits per heavy atom. The molecule has 1 heterocycles. The molecule has 1 aromatic rings. The highest BCUT2D eigenvalue weighted by molar-refractivity contribution is 5.29.